The van der Waals surface area contributed by atoms with Gasteiger partial charge in [-0.2, -0.15) is 0 Å². The molecule has 1 fully saturated rings. The van der Waals surface area contributed by atoms with Crippen LogP contribution < -0.4 is 4.74 Å². The highest BCUT2D eigenvalue weighted by Crippen LogP contribution is 2.38. The van der Waals surface area contributed by atoms with Crippen molar-refractivity contribution in [2.45, 2.75) is 45.6 Å². The minimum absolute atomic E-state index is 0.0539. The predicted octanol–water partition coefficient (Wildman–Crippen LogP) is 3.28. The molecule has 5 heteroatoms. The van der Waals surface area contributed by atoms with Crippen molar-refractivity contribution in [3.63, 3.8) is 0 Å². The molecule has 0 atom stereocenters. The molecule has 0 spiro atoms. The van der Waals surface area contributed by atoms with Crippen molar-refractivity contribution >= 4 is 11.9 Å². The molecule has 1 aliphatic rings. The van der Waals surface area contributed by atoms with Crippen molar-refractivity contribution in [1.29, 1.82) is 0 Å². The van der Waals surface area contributed by atoms with E-state index in [0.717, 1.165) is 25.7 Å². The number of esters is 1. The molecule has 0 unspecified atom stereocenters. The average molecular weight is 306 g/mol. The van der Waals surface area contributed by atoms with E-state index in [-0.39, 0.29) is 17.6 Å². The molecule has 5 nitrogen and oxygen atoms in total. The van der Waals surface area contributed by atoms with Crippen LogP contribution in [0.3, 0.4) is 0 Å². The van der Waals surface area contributed by atoms with Crippen LogP contribution in [0.15, 0.2) is 24.3 Å². The van der Waals surface area contributed by atoms with Gasteiger partial charge in [0, 0.05) is 0 Å². The largest absolute Gasteiger partial charge is 0.490 e. The Morgan fingerprint density at radius 2 is 1.82 bits per heavy atom. The molecule has 2 rings (SSSR count). The van der Waals surface area contributed by atoms with Crippen LogP contribution in [-0.2, 0) is 9.53 Å². The van der Waals surface area contributed by atoms with Gasteiger partial charge in [-0.15, -0.1) is 0 Å². The molecule has 0 heterocycles. The fourth-order valence-corrected chi connectivity index (χ4v) is 2.72. The Bertz CT molecular complexity index is 526. The Kier molecular flexibility index (Phi) is 5.06. The summed E-state index contributed by atoms with van der Waals surface area (Å²) in [4.78, 5) is 22.8. The standard InChI is InChI=1S/C17H22O5/c1-3-21-16(20)17(2)10-8-14(9-11-17)22-13-6-4-12(5-7-13)15(18)19/h4-7,14H,3,8-11H2,1-2H3,(H,18,19). The van der Waals surface area contributed by atoms with E-state index in [4.69, 9.17) is 14.6 Å². The summed E-state index contributed by atoms with van der Waals surface area (Å²) >= 11 is 0. The molecule has 120 valence electrons. The van der Waals surface area contributed by atoms with Crippen LogP contribution in [-0.4, -0.2) is 29.8 Å². The molecule has 0 aliphatic heterocycles. The fraction of sp³-hybridized carbons (Fsp3) is 0.529. The number of hydrogen-bond donors (Lipinski definition) is 1. The third-order valence-corrected chi connectivity index (χ3v) is 4.21. The van der Waals surface area contributed by atoms with E-state index in [1.807, 2.05) is 13.8 Å². The van der Waals surface area contributed by atoms with Crippen LogP contribution in [0.25, 0.3) is 0 Å². The number of ether oxygens (including phenoxy) is 2. The van der Waals surface area contributed by atoms with Gasteiger partial charge < -0.3 is 14.6 Å². The summed E-state index contributed by atoms with van der Waals surface area (Å²) in [5.74, 6) is -0.414. The number of aromatic carboxylic acids is 1. The van der Waals surface area contributed by atoms with Crippen molar-refractivity contribution in [2.75, 3.05) is 6.61 Å². The smallest absolute Gasteiger partial charge is 0.335 e. The van der Waals surface area contributed by atoms with Gasteiger partial charge in [0.2, 0.25) is 0 Å². The monoisotopic (exact) mass is 306 g/mol. The second kappa shape index (κ2) is 6.81. The summed E-state index contributed by atoms with van der Waals surface area (Å²) in [6.07, 6.45) is 3.11. The van der Waals surface area contributed by atoms with E-state index >= 15 is 0 Å². The van der Waals surface area contributed by atoms with Crippen LogP contribution in [0.2, 0.25) is 0 Å². The Hall–Kier alpha value is -2.04. The summed E-state index contributed by atoms with van der Waals surface area (Å²) in [6.45, 7) is 4.17. The molecular formula is C17H22O5. The van der Waals surface area contributed by atoms with Crippen LogP contribution in [0.4, 0.5) is 0 Å². The Labute approximate surface area is 130 Å². The maximum absolute atomic E-state index is 12.0. The van der Waals surface area contributed by atoms with Gasteiger partial charge in [-0.05, 0) is 63.8 Å². The second-order valence-corrected chi connectivity index (χ2v) is 5.93. The van der Waals surface area contributed by atoms with E-state index in [2.05, 4.69) is 0 Å². The first-order valence-corrected chi connectivity index (χ1v) is 7.62. The van der Waals surface area contributed by atoms with E-state index in [9.17, 15) is 9.59 Å². The third-order valence-electron chi connectivity index (χ3n) is 4.21. The lowest BCUT2D eigenvalue weighted by Gasteiger charge is -2.35. The Morgan fingerprint density at radius 1 is 1.23 bits per heavy atom. The SMILES string of the molecule is CCOC(=O)C1(C)CCC(Oc2ccc(C(=O)O)cc2)CC1. The van der Waals surface area contributed by atoms with Crippen molar-refractivity contribution in [1.82, 2.24) is 0 Å². The van der Waals surface area contributed by atoms with Gasteiger partial charge in [-0.3, -0.25) is 4.79 Å². The topological polar surface area (TPSA) is 72.8 Å². The zero-order chi connectivity index (χ0) is 16.2. The highest BCUT2D eigenvalue weighted by molar-refractivity contribution is 5.87. The number of carboxylic acids is 1. The number of carbonyl (C=O) groups is 2. The molecule has 0 bridgehead atoms. The highest BCUT2D eigenvalue weighted by Gasteiger charge is 2.39. The molecule has 0 radical (unpaired) electrons. The maximum atomic E-state index is 12.0. The van der Waals surface area contributed by atoms with Gasteiger partial charge in [0.15, 0.2) is 0 Å². The van der Waals surface area contributed by atoms with Crippen molar-refractivity contribution in [2.24, 2.45) is 5.41 Å². The highest BCUT2D eigenvalue weighted by atomic mass is 16.5. The lowest BCUT2D eigenvalue weighted by molar-refractivity contribution is -0.157. The van der Waals surface area contributed by atoms with Crippen LogP contribution in [0.5, 0.6) is 5.75 Å². The Balaban J connectivity index is 1.89. The summed E-state index contributed by atoms with van der Waals surface area (Å²) in [7, 11) is 0. The average Bonchev–Trinajstić information content (AvgIpc) is 2.50. The third kappa shape index (κ3) is 3.78. The quantitative estimate of drug-likeness (QED) is 0.845. The molecule has 0 aromatic heterocycles. The summed E-state index contributed by atoms with van der Waals surface area (Å²) in [5.41, 5.74) is -0.172. The van der Waals surface area contributed by atoms with Crippen LogP contribution in [0, 0.1) is 5.41 Å². The van der Waals surface area contributed by atoms with Crippen molar-refractivity contribution in [3.8, 4) is 5.75 Å². The first kappa shape index (κ1) is 16.3. The predicted molar refractivity (Wildman–Crippen MR) is 81.0 cm³/mol. The molecule has 0 amide bonds. The first-order valence-electron chi connectivity index (χ1n) is 7.62. The van der Waals surface area contributed by atoms with Gasteiger partial charge in [-0.1, -0.05) is 0 Å². The van der Waals surface area contributed by atoms with Crippen LogP contribution >= 0.6 is 0 Å². The molecule has 1 saturated carbocycles. The van der Waals surface area contributed by atoms with Crippen LogP contribution in [0.1, 0.15) is 49.9 Å². The lowest BCUT2D eigenvalue weighted by Crippen LogP contribution is -2.37. The number of hydrogen-bond acceptors (Lipinski definition) is 4. The molecule has 22 heavy (non-hydrogen) atoms. The van der Waals surface area contributed by atoms with E-state index in [1.165, 1.54) is 12.1 Å². The number of benzene rings is 1. The maximum Gasteiger partial charge on any atom is 0.335 e. The first-order chi connectivity index (χ1) is 10.4. The Morgan fingerprint density at radius 3 is 2.32 bits per heavy atom. The second-order valence-electron chi connectivity index (χ2n) is 5.93. The van der Waals surface area contributed by atoms with Gasteiger partial charge in [0.1, 0.15) is 5.75 Å². The zero-order valence-corrected chi connectivity index (χ0v) is 13.0. The van der Waals surface area contributed by atoms with Gasteiger partial charge in [0.25, 0.3) is 0 Å². The normalized spacial score (nSPS) is 24.5. The number of carbonyl (C=O) groups excluding carboxylic acids is 1. The van der Waals surface area contributed by atoms with Gasteiger partial charge in [0.05, 0.1) is 23.7 Å². The van der Waals surface area contributed by atoms with Crippen molar-refractivity contribution in [3.05, 3.63) is 29.8 Å². The number of carboxylic acid groups (broad SMARTS) is 1. The van der Waals surface area contributed by atoms with Gasteiger partial charge >= 0.3 is 11.9 Å². The van der Waals surface area contributed by atoms with Crippen molar-refractivity contribution < 1.29 is 24.2 Å². The van der Waals surface area contributed by atoms with Gasteiger partial charge in [-0.25, -0.2) is 4.79 Å². The molecule has 1 N–H and O–H groups in total. The summed E-state index contributed by atoms with van der Waals surface area (Å²) in [5, 5.41) is 8.87. The fourth-order valence-electron chi connectivity index (χ4n) is 2.72. The zero-order valence-electron chi connectivity index (χ0n) is 13.0. The lowest BCUT2D eigenvalue weighted by atomic mass is 9.74. The minimum Gasteiger partial charge on any atom is -0.490 e. The molecule has 1 aliphatic carbocycles. The van der Waals surface area contributed by atoms with E-state index in [1.54, 1.807) is 12.1 Å². The van der Waals surface area contributed by atoms with E-state index in [0.29, 0.717) is 12.4 Å². The minimum atomic E-state index is -0.950. The molecule has 1 aromatic carbocycles. The molecule has 1 aromatic rings. The molecule has 0 saturated heterocycles. The summed E-state index contributed by atoms with van der Waals surface area (Å²) in [6, 6.07) is 6.40. The van der Waals surface area contributed by atoms with E-state index < -0.39 is 11.4 Å². The number of rotatable bonds is 5. The molecular weight excluding hydrogens is 284 g/mol. The summed E-state index contributed by atoms with van der Waals surface area (Å²) < 4.78 is 11.0.